The van der Waals surface area contributed by atoms with Gasteiger partial charge in [-0.05, 0) is 68.1 Å². The van der Waals surface area contributed by atoms with Gasteiger partial charge in [0, 0.05) is 5.41 Å². The maximum atomic E-state index is 10.4. The molecule has 0 aromatic rings. The molecule has 2 N–H and O–H groups in total. The lowest BCUT2D eigenvalue weighted by atomic mass is 9.61. The molecule has 3 aliphatic carbocycles. The molecule has 3 saturated carbocycles. The number of hydrogen-bond acceptors (Lipinski definition) is 2. The van der Waals surface area contributed by atoms with Crippen LogP contribution in [0.5, 0.6) is 0 Å². The zero-order chi connectivity index (χ0) is 19.1. The van der Waals surface area contributed by atoms with Crippen LogP contribution >= 0.6 is 0 Å². The van der Waals surface area contributed by atoms with E-state index in [0.717, 1.165) is 17.8 Å². The first-order valence-corrected chi connectivity index (χ1v) is 10.9. The average molecular weight is 361 g/mol. The molecule has 148 valence electrons. The van der Waals surface area contributed by atoms with Crippen LogP contribution in [-0.4, -0.2) is 22.4 Å². The normalized spacial score (nSPS) is 44.3. The molecule has 6 atom stereocenters. The maximum absolute atomic E-state index is 10.4. The van der Waals surface area contributed by atoms with Crippen LogP contribution < -0.4 is 0 Å². The zero-order valence-electron chi connectivity index (χ0n) is 17.6. The van der Waals surface area contributed by atoms with Crippen molar-refractivity contribution in [3.8, 4) is 0 Å². The van der Waals surface area contributed by atoms with Gasteiger partial charge in [-0.3, -0.25) is 0 Å². The van der Waals surface area contributed by atoms with E-state index in [-0.39, 0.29) is 0 Å². The van der Waals surface area contributed by atoms with Crippen molar-refractivity contribution in [2.75, 3.05) is 0 Å². The van der Waals surface area contributed by atoms with Crippen LogP contribution in [0.25, 0.3) is 0 Å². The molecule has 0 bridgehead atoms. The molecule has 0 aromatic heterocycles. The Hall–Kier alpha value is -0.600. The van der Waals surface area contributed by atoms with Gasteiger partial charge in [-0.15, -0.1) is 0 Å². The molecular weight excluding hydrogens is 320 g/mol. The molecule has 0 heterocycles. The highest BCUT2D eigenvalue weighted by Gasteiger charge is 2.50. The zero-order valence-corrected chi connectivity index (χ0v) is 17.6. The van der Waals surface area contributed by atoms with Crippen molar-refractivity contribution in [1.29, 1.82) is 0 Å². The average Bonchev–Trinajstić information content (AvgIpc) is 2.95. The molecular formula is C24H40O2. The Bertz CT molecular complexity index is 557. The third kappa shape index (κ3) is 3.44. The minimum absolute atomic E-state index is 0.400. The van der Waals surface area contributed by atoms with E-state index < -0.39 is 17.6 Å². The number of hydrogen-bond donors (Lipinski definition) is 2. The van der Waals surface area contributed by atoms with Crippen LogP contribution in [0.2, 0.25) is 0 Å². The lowest BCUT2D eigenvalue weighted by molar-refractivity contribution is -0.0627. The molecule has 0 aliphatic heterocycles. The summed E-state index contributed by atoms with van der Waals surface area (Å²) in [6.45, 7) is 11.3. The van der Waals surface area contributed by atoms with E-state index in [1.54, 1.807) is 5.57 Å². The topological polar surface area (TPSA) is 40.5 Å². The van der Waals surface area contributed by atoms with Gasteiger partial charge in [0.1, 0.15) is 0 Å². The van der Waals surface area contributed by atoms with Crippen LogP contribution in [0.15, 0.2) is 23.3 Å². The Labute approximate surface area is 160 Å². The third-order valence-electron chi connectivity index (χ3n) is 8.53. The molecule has 26 heavy (non-hydrogen) atoms. The molecule has 1 unspecified atom stereocenters. The van der Waals surface area contributed by atoms with Crippen molar-refractivity contribution in [3.05, 3.63) is 23.3 Å². The molecule has 3 fully saturated rings. The highest BCUT2D eigenvalue weighted by atomic mass is 16.3. The number of fused-ring (bicyclic) bond motifs is 1. The summed E-state index contributed by atoms with van der Waals surface area (Å²) >= 11 is 0. The van der Waals surface area contributed by atoms with Crippen molar-refractivity contribution in [2.45, 2.75) is 98.2 Å². The number of aliphatic hydroxyl groups excluding tert-OH is 2. The fourth-order valence-electron chi connectivity index (χ4n) is 6.19. The molecule has 0 aromatic carbocycles. The lowest BCUT2D eigenvalue weighted by Crippen LogP contribution is -2.44. The smallest absolute Gasteiger partial charge is 0.0653 e. The number of allylic oxidation sites excluding steroid dienone is 3. The van der Waals surface area contributed by atoms with Gasteiger partial charge in [-0.25, -0.2) is 0 Å². The predicted octanol–water partition coefficient (Wildman–Crippen LogP) is 5.64. The van der Waals surface area contributed by atoms with Crippen LogP contribution in [0.1, 0.15) is 86.0 Å². The van der Waals surface area contributed by atoms with Gasteiger partial charge in [-0.1, -0.05) is 64.3 Å². The Morgan fingerprint density at radius 2 is 1.73 bits per heavy atom. The minimum Gasteiger partial charge on any atom is -0.392 e. The highest BCUT2D eigenvalue weighted by Crippen LogP contribution is 2.59. The fraction of sp³-hybridized carbons (Fsp3) is 0.833. The molecule has 3 rings (SSSR count). The van der Waals surface area contributed by atoms with Gasteiger partial charge < -0.3 is 10.2 Å². The summed E-state index contributed by atoms with van der Waals surface area (Å²) in [5.41, 5.74) is 2.92. The van der Waals surface area contributed by atoms with Crippen LogP contribution in [0.4, 0.5) is 0 Å². The predicted molar refractivity (Wildman–Crippen MR) is 109 cm³/mol. The molecule has 3 aliphatic rings. The SMILES string of the molecule is CC[C@@H](C)[C@H]1CC[C@H]2/C(=C/C=C3CC(O)C(C)(C)[C@H](O)C3)CCC[C@]12C. The van der Waals surface area contributed by atoms with Gasteiger partial charge in [0.05, 0.1) is 12.2 Å². The Morgan fingerprint density at radius 3 is 2.35 bits per heavy atom. The van der Waals surface area contributed by atoms with E-state index in [2.05, 4.69) is 32.9 Å². The molecule has 0 spiro atoms. The van der Waals surface area contributed by atoms with E-state index >= 15 is 0 Å². The van der Waals surface area contributed by atoms with Crippen molar-refractivity contribution in [1.82, 2.24) is 0 Å². The van der Waals surface area contributed by atoms with E-state index in [9.17, 15) is 10.2 Å². The minimum atomic E-state index is -0.450. The number of rotatable bonds is 3. The van der Waals surface area contributed by atoms with Gasteiger partial charge in [0.15, 0.2) is 0 Å². The van der Waals surface area contributed by atoms with Crippen LogP contribution in [-0.2, 0) is 0 Å². The largest absolute Gasteiger partial charge is 0.392 e. The first-order chi connectivity index (χ1) is 12.2. The molecule has 0 radical (unpaired) electrons. The first kappa shape index (κ1) is 20.1. The fourth-order valence-corrected chi connectivity index (χ4v) is 6.19. The van der Waals surface area contributed by atoms with Gasteiger partial charge in [0.25, 0.3) is 0 Å². The van der Waals surface area contributed by atoms with Crippen molar-refractivity contribution >= 4 is 0 Å². The Kier molecular flexibility index (Phi) is 5.76. The molecule has 0 amide bonds. The van der Waals surface area contributed by atoms with Gasteiger partial charge >= 0.3 is 0 Å². The highest BCUT2D eigenvalue weighted by molar-refractivity contribution is 5.26. The summed E-state index contributed by atoms with van der Waals surface area (Å²) in [5.74, 6) is 2.43. The van der Waals surface area contributed by atoms with E-state index in [4.69, 9.17) is 0 Å². The molecule has 2 heteroatoms. The molecule has 0 saturated heterocycles. The van der Waals surface area contributed by atoms with Crippen LogP contribution in [0.3, 0.4) is 0 Å². The summed E-state index contributed by atoms with van der Waals surface area (Å²) in [5, 5.41) is 20.8. The summed E-state index contributed by atoms with van der Waals surface area (Å²) in [4.78, 5) is 0. The van der Waals surface area contributed by atoms with Crippen molar-refractivity contribution < 1.29 is 10.2 Å². The van der Waals surface area contributed by atoms with Crippen molar-refractivity contribution in [2.24, 2.45) is 28.6 Å². The summed E-state index contributed by atoms with van der Waals surface area (Å²) in [7, 11) is 0. The Balaban J connectivity index is 1.78. The molecule has 2 nitrogen and oxygen atoms in total. The monoisotopic (exact) mass is 360 g/mol. The van der Waals surface area contributed by atoms with Gasteiger partial charge in [0.2, 0.25) is 0 Å². The summed E-state index contributed by atoms with van der Waals surface area (Å²) in [6, 6.07) is 0. The summed E-state index contributed by atoms with van der Waals surface area (Å²) < 4.78 is 0. The van der Waals surface area contributed by atoms with E-state index in [0.29, 0.717) is 18.3 Å². The standard InChI is InChI=1S/C24H40O2/c1-6-16(2)19-11-12-20-18(8-7-13-24(19,20)5)10-9-17-14-21(25)23(3,4)22(26)15-17/h9-10,16,19-22,25-26H,6-8,11-15H2,1-5H3/b17-9?,18-10+/t16-,19-,20+,21-,22?,24-/m1/s1. The summed E-state index contributed by atoms with van der Waals surface area (Å²) in [6.07, 6.45) is 13.1. The number of aliphatic hydroxyl groups is 2. The third-order valence-corrected chi connectivity index (χ3v) is 8.53. The van der Waals surface area contributed by atoms with E-state index in [1.807, 2.05) is 13.8 Å². The lowest BCUT2D eigenvalue weighted by Gasteiger charge is -2.44. The second kappa shape index (κ2) is 7.43. The Morgan fingerprint density at radius 1 is 1.08 bits per heavy atom. The van der Waals surface area contributed by atoms with E-state index in [1.165, 1.54) is 44.1 Å². The van der Waals surface area contributed by atoms with Crippen LogP contribution in [0, 0.1) is 28.6 Å². The quantitative estimate of drug-likeness (QED) is 0.683. The maximum Gasteiger partial charge on any atom is 0.0653 e. The van der Waals surface area contributed by atoms with Gasteiger partial charge in [-0.2, -0.15) is 0 Å². The van der Waals surface area contributed by atoms with Crippen molar-refractivity contribution in [3.63, 3.8) is 0 Å². The second-order valence-corrected chi connectivity index (χ2v) is 10.3. The second-order valence-electron chi connectivity index (χ2n) is 10.3. The first-order valence-electron chi connectivity index (χ1n) is 10.9.